The Bertz CT molecular complexity index is 469. The van der Waals surface area contributed by atoms with Crippen LogP contribution in [-0.4, -0.2) is 19.2 Å². The maximum Gasteiger partial charge on any atom is 0.234 e. The molecule has 0 aromatic carbocycles. The molecule has 1 aromatic heterocycles. The van der Waals surface area contributed by atoms with Gasteiger partial charge < -0.3 is 5.73 Å². The number of nitrogens with zero attached hydrogens (tertiary/aromatic N) is 1. The molecule has 0 saturated carbocycles. The molecule has 0 fully saturated rings. The second kappa shape index (κ2) is 4.69. The molecular formula is C10H17N3O2S. The topological polar surface area (TPSA) is 85.1 Å². The lowest BCUT2D eigenvalue weighted by Crippen LogP contribution is -2.21. The second-order valence-electron chi connectivity index (χ2n) is 4.21. The summed E-state index contributed by atoms with van der Waals surface area (Å²) in [6.45, 7) is 5.46. The summed E-state index contributed by atoms with van der Waals surface area (Å²) in [6, 6.07) is 1.68. The number of anilines is 2. The zero-order chi connectivity index (χ0) is 12.3. The van der Waals surface area contributed by atoms with Gasteiger partial charge in [-0.1, -0.05) is 13.8 Å². The maximum absolute atomic E-state index is 11.7. The van der Waals surface area contributed by atoms with Crippen molar-refractivity contribution in [3.05, 3.63) is 17.8 Å². The van der Waals surface area contributed by atoms with Crippen LogP contribution in [0.2, 0.25) is 0 Å². The molecule has 0 amide bonds. The monoisotopic (exact) mass is 243 g/mol. The van der Waals surface area contributed by atoms with E-state index in [0.29, 0.717) is 17.1 Å². The number of aryl methyl sites for hydroxylation is 1. The van der Waals surface area contributed by atoms with E-state index in [0.717, 1.165) is 0 Å². The highest BCUT2D eigenvalue weighted by atomic mass is 32.2. The van der Waals surface area contributed by atoms with Crippen LogP contribution in [0, 0.1) is 12.8 Å². The maximum atomic E-state index is 11.7. The predicted molar refractivity (Wildman–Crippen MR) is 65.6 cm³/mol. The molecule has 0 unspecified atom stereocenters. The van der Waals surface area contributed by atoms with Crippen LogP contribution in [0.3, 0.4) is 0 Å². The van der Waals surface area contributed by atoms with E-state index in [1.54, 1.807) is 13.0 Å². The number of nitrogens with two attached hydrogens (primary N) is 1. The minimum absolute atomic E-state index is 0.0755. The molecule has 0 bridgehead atoms. The van der Waals surface area contributed by atoms with E-state index in [2.05, 4.69) is 9.71 Å². The Kier molecular flexibility index (Phi) is 3.74. The number of aromatic nitrogens is 1. The lowest BCUT2D eigenvalue weighted by molar-refractivity contribution is 0.587. The summed E-state index contributed by atoms with van der Waals surface area (Å²) < 4.78 is 25.8. The molecule has 0 saturated heterocycles. The van der Waals surface area contributed by atoms with Crippen LogP contribution < -0.4 is 10.5 Å². The van der Waals surface area contributed by atoms with Crippen molar-refractivity contribution in [3.63, 3.8) is 0 Å². The third-order valence-corrected chi connectivity index (χ3v) is 3.51. The number of hydrogen-bond donors (Lipinski definition) is 2. The lowest BCUT2D eigenvalue weighted by atomic mass is 10.3. The van der Waals surface area contributed by atoms with Gasteiger partial charge in [0.1, 0.15) is 5.82 Å². The molecule has 0 aliphatic carbocycles. The van der Waals surface area contributed by atoms with Crippen molar-refractivity contribution in [1.29, 1.82) is 0 Å². The van der Waals surface area contributed by atoms with Crippen molar-refractivity contribution in [2.24, 2.45) is 5.92 Å². The molecule has 6 heteroatoms. The van der Waals surface area contributed by atoms with Gasteiger partial charge in [0.25, 0.3) is 0 Å². The summed E-state index contributed by atoms with van der Waals surface area (Å²) in [4.78, 5) is 3.96. The molecule has 1 rings (SSSR count). The molecule has 90 valence electrons. The first kappa shape index (κ1) is 12.8. The van der Waals surface area contributed by atoms with Crippen LogP contribution >= 0.6 is 0 Å². The van der Waals surface area contributed by atoms with E-state index in [1.165, 1.54) is 6.20 Å². The van der Waals surface area contributed by atoms with Crippen LogP contribution in [0.5, 0.6) is 0 Å². The van der Waals surface area contributed by atoms with E-state index in [9.17, 15) is 8.42 Å². The second-order valence-corrected chi connectivity index (χ2v) is 5.98. The average molecular weight is 243 g/mol. The first-order valence-electron chi connectivity index (χ1n) is 5.03. The third kappa shape index (κ3) is 3.69. The van der Waals surface area contributed by atoms with Gasteiger partial charge in [-0.05, 0) is 24.5 Å². The smallest absolute Gasteiger partial charge is 0.234 e. The molecule has 1 heterocycles. The fourth-order valence-electron chi connectivity index (χ4n) is 1.33. The summed E-state index contributed by atoms with van der Waals surface area (Å²) >= 11 is 0. The van der Waals surface area contributed by atoms with Gasteiger partial charge in [-0.3, -0.25) is 4.72 Å². The quantitative estimate of drug-likeness (QED) is 0.836. The molecule has 16 heavy (non-hydrogen) atoms. The number of pyridine rings is 1. The van der Waals surface area contributed by atoms with Crippen molar-refractivity contribution >= 4 is 21.5 Å². The minimum atomic E-state index is -3.32. The number of nitrogen functional groups attached to an aromatic ring is 1. The van der Waals surface area contributed by atoms with Gasteiger partial charge in [0, 0.05) is 0 Å². The first-order chi connectivity index (χ1) is 7.30. The predicted octanol–water partition coefficient (Wildman–Crippen LogP) is 1.37. The largest absolute Gasteiger partial charge is 0.397 e. The van der Waals surface area contributed by atoms with Crippen LogP contribution in [0.15, 0.2) is 12.3 Å². The Hall–Kier alpha value is -1.30. The molecule has 3 N–H and O–H groups in total. The van der Waals surface area contributed by atoms with Gasteiger partial charge in [0.15, 0.2) is 0 Å². The molecule has 5 nitrogen and oxygen atoms in total. The normalized spacial score (nSPS) is 11.8. The van der Waals surface area contributed by atoms with Gasteiger partial charge in [0.2, 0.25) is 10.0 Å². The van der Waals surface area contributed by atoms with Crippen LogP contribution in [0.4, 0.5) is 11.5 Å². The summed E-state index contributed by atoms with van der Waals surface area (Å²) in [5.74, 6) is 0.500. The number of nitrogens with one attached hydrogen (secondary N) is 1. The fraction of sp³-hybridized carbons (Fsp3) is 0.500. The van der Waals surface area contributed by atoms with Crippen molar-refractivity contribution in [2.45, 2.75) is 20.8 Å². The molecule has 0 radical (unpaired) electrons. The lowest BCUT2D eigenvalue weighted by Gasteiger charge is -2.11. The van der Waals surface area contributed by atoms with Crippen LogP contribution in [0.25, 0.3) is 0 Å². The molecule has 0 spiro atoms. The van der Waals surface area contributed by atoms with Crippen molar-refractivity contribution < 1.29 is 8.42 Å². The zero-order valence-electron chi connectivity index (χ0n) is 9.69. The average Bonchev–Trinajstić information content (AvgIpc) is 2.07. The molecule has 0 atom stereocenters. The van der Waals surface area contributed by atoms with Gasteiger partial charge in [-0.2, -0.15) is 0 Å². The van der Waals surface area contributed by atoms with Crippen molar-refractivity contribution in [1.82, 2.24) is 4.98 Å². The van der Waals surface area contributed by atoms with Crippen molar-refractivity contribution in [3.8, 4) is 0 Å². The van der Waals surface area contributed by atoms with Gasteiger partial charge >= 0.3 is 0 Å². The first-order valence-corrected chi connectivity index (χ1v) is 6.68. The number of sulfonamides is 1. The van der Waals surface area contributed by atoms with Crippen molar-refractivity contribution in [2.75, 3.05) is 16.2 Å². The van der Waals surface area contributed by atoms with E-state index >= 15 is 0 Å². The Morgan fingerprint density at radius 2 is 2.12 bits per heavy atom. The van der Waals surface area contributed by atoms with Gasteiger partial charge in [-0.25, -0.2) is 13.4 Å². The summed E-state index contributed by atoms with van der Waals surface area (Å²) in [5, 5.41) is 0. The molecular weight excluding hydrogens is 226 g/mol. The van der Waals surface area contributed by atoms with E-state index in [4.69, 9.17) is 5.73 Å². The summed E-state index contributed by atoms with van der Waals surface area (Å²) in [7, 11) is -3.32. The highest BCUT2D eigenvalue weighted by molar-refractivity contribution is 7.92. The van der Waals surface area contributed by atoms with E-state index in [-0.39, 0.29) is 11.7 Å². The molecule has 0 aliphatic heterocycles. The Morgan fingerprint density at radius 3 is 2.62 bits per heavy atom. The molecule has 0 aliphatic rings. The summed E-state index contributed by atoms with van der Waals surface area (Å²) in [5.41, 5.74) is 6.77. The van der Waals surface area contributed by atoms with E-state index in [1.807, 2.05) is 13.8 Å². The fourth-order valence-corrected chi connectivity index (χ4v) is 2.80. The minimum Gasteiger partial charge on any atom is -0.397 e. The zero-order valence-corrected chi connectivity index (χ0v) is 10.5. The highest BCUT2D eigenvalue weighted by Gasteiger charge is 2.14. The number of rotatable bonds is 4. The Morgan fingerprint density at radius 1 is 1.50 bits per heavy atom. The highest BCUT2D eigenvalue weighted by Crippen LogP contribution is 2.16. The Labute approximate surface area is 96.1 Å². The van der Waals surface area contributed by atoms with Gasteiger partial charge in [-0.15, -0.1) is 0 Å². The van der Waals surface area contributed by atoms with Crippen LogP contribution in [0.1, 0.15) is 19.4 Å². The third-order valence-electron chi connectivity index (χ3n) is 1.90. The standard InChI is InChI=1S/C10H17N3O2S/c1-7(2)6-16(14,15)13-10-8(3)4-9(11)5-12-10/h4-5,7H,6,11H2,1-3H3,(H,12,13). The SMILES string of the molecule is Cc1cc(N)cnc1NS(=O)(=O)CC(C)C. The summed E-state index contributed by atoms with van der Waals surface area (Å²) in [6.07, 6.45) is 1.43. The Balaban J connectivity index is 2.88. The van der Waals surface area contributed by atoms with Crippen LogP contribution in [-0.2, 0) is 10.0 Å². The molecule has 1 aromatic rings. The van der Waals surface area contributed by atoms with E-state index < -0.39 is 10.0 Å². The number of hydrogen-bond acceptors (Lipinski definition) is 4. The van der Waals surface area contributed by atoms with Gasteiger partial charge in [0.05, 0.1) is 17.6 Å².